The molecule has 10 N–H and O–H groups in total. The number of ether oxygens (including phenoxy) is 1. The smallest absolute Gasteiger partial charge is 0.184 e. The third kappa shape index (κ3) is 6.27. The molecule has 0 aromatic rings. The Morgan fingerprint density at radius 3 is 1.83 bits per heavy atom. The normalized spacial score (nSPS) is 35.2. The lowest BCUT2D eigenvalue weighted by Gasteiger charge is -2.37. The van der Waals surface area contributed by atoms with Crippen LogP contribution in [0.25, 0.3) is 0 Å². The molecule has 1 fully saturated rings. The van der Waals surface area contributed by atoms with Crippen LogP contribution in [-0.4, -0.2) is 126 Å². The number of hydrogen-bond donors (Lipinski definition) is 10. The summed E-state index contributed by atoms with van der Waals surface area (Å²) in [5.74, 6) is 0. The van der Waals surface area contributed by atoms with E-state index in [1.54, 1.807) is 0 Å². The number of aldehydes is 1. The molecule has 0 radical (unpaired) electrons. The van der Waals surface area contributed by atoms with Crippen LogP contribution in [0.4, 0.5) is 0 Å². The summed E-state index contributed by atoms with van der Waals surface area (Å²) >= 11 is 0. The quantitative estimate of drug-likeness (QED) is 0.199. The molecule has 12 nitrogen and oxygen atoms in total. The van der Waals surface area contributed by atoms with Gasteiger partial charge < -0.3 is 60.6 Å². The molecule has 0 amide bonds. The zero-order chi connectivity index (χ0) is 19.0. The van der Waals surface area contributed by atoms with Crippen LogP contribution in [0, 0.1) is 0 Å². The van der Waals surface area contributed by atoms with E-state index in [1.807, 2.05) is 0 Å². The Bertz CT molecular complexity index is 350. The Morgan fingerprint density at radius 1 is 0.875 bits per heavy atom. The van der Waals surface area contributed by atoms with Gasteiger partial charge in [-0.2, -0.15) is 0 Å². The summed E-state index contributed by atoms with van der Waals surface area (Å²) in [6.45, 7) is -1.29. The van der Waals surface area contributed by atoms with Crippen LogP contribution in [0.5, 0.6) is 0 Å². The van der Waals surface area contributed by atoms with Crippen molar-refractivity contribution in [2.75, 3.05) is 13.2 Å². The van der Waals surface area contributed by atoms with Gasteiger partial charge in [-0.15, -0.1) is 0 Å². The van der Waals surface area contributed by atoms with E-state index in [9.17, 15) is 4.79 Å². The molecule has 0 spiro atoms. The molecule has 9 atom stereocenters. The van der Waals surface area contributed by atoms with Crippen molar-refractivity contribution in [3.8, 4) is 0 Å². The highest BCUT2D eigenvalue weighted by atomic mass is 16.6. The van der Waals surface area contributed by atoms with Gasteiger partial charge in [0.2, 0.25) is 0 Å². The molecule has 0 aliphatic carbocycles. The highest BCUT2D eigenvalue weighted by molar-refractivity contribution is 5.56. The molecule has 0 aromatic carbocycles. The molecule has 0 aromatic heterocycles. The predicted octanol–water partition coefficient (Wildman–Crippen LogP) is -6.60. The van der Waals surface area contributed by atoms with Crippen molar-refractivity contribution in [3.05, 3.63) is 0 Å². The maximum absolute atomic E-state index is 9.90. The maximum atomic E-state index is 9.90. The highest BCUT2D eigenvalue weighted by Gasteiger charge is 2.42. The van der Waals surface area contributed by atoms with Crippen LogP contribution in [-0.2, 0) is 9.53 Å². The fourth-order valence-electron chi connectivity index (χ4n) is 1.70. The molecule has 1 heterocycles. The molecule has 1 aliphatic rings. The van der Waals surface area contributed by atoms with Crippen LogP contribution in [0.3, 0.4) is 0 Å². The van der Waals surface area contributed by atoms with Gasteiger partial charge in [0.25, 0.3) is 0 Å². The molecule has 12 heteroatoms. The van der Waals surface area contributed by atoms with Crippen LogP contribution in [0.1, 0.15) is 0 Å². The topological polar surface area (TPSA) is 229 Å². The summed E-state index contributed by atoms with van der Waals surface area (Å²) < 4.78 is 4.58. The molecule has 0 saturated carbocycles. The molecular formula is C12H24O12. The number of aliphatic hydroxyl groups excluding tert-OH is 10. The Labute approximate surface area is 136 Å². The lowest BCUT2D eigenvalue weighted by Crippen LogP contribution is -2.58. The first-order valence-electron chi connectivity index (χ1n) is 6.89. The van der Waals surface area contributed by atoms with E-state index in [-0.39, 0.29) is 6.29 Å². The van der Waals surface area contributed by atoms with E-state index < -0.39 is 68.3 Å². The van der Waals surface area contributed by atoms with E-state index in [0.29, 0.717) is 0 Å². The predicted molar refractivity (Wildman–Crippen MR) is 73.2 cm³/mol. The molecule has 1 aliphatic heterocycles. The summed E-state index contributed by atoms with van der Waals surface area (Å²) in [4.78, 5) is 9.90. The second-order valence-corrected chi connectivity index (χ2v) is 5.08. The second-order valence-electron chi connectivity index (χ2n) is 5.08. The summed E-state index contributed by atoms with van der Waals surface area (Å²) in [5.41, 5.74) is 0. The first kappa shape index (κ1) is 23.2. The van der Waals surface area contributed by atoms with E-state index in [0.717, 1.165) is 0 Å². The molecule has 24 heavy (non-hydrogen) atoms. The number of aliphatic hydroxyl groups is 10. The summed E-state index contributed by atoms with van der Waals surface area (Å²) in [6, 6.07) is 0. The molecule has 1 saturated heterocycles. The van der Waals surface area contributed by atoms with Gasteiger partial charge >= 0.3 is 0 Å². The van der Waals surface area contributed by atoms with Crippen molar-refractivity contribution in [2.24, 2.45) is 0 Å². The van der Waals surface area contributed by atoms with E-state index in [1.165, 1.54) is 0 Å². The standard InChI is InChI=1S/2C6H12O6/c7-1-2-3(8)4(9)5(10)6(11)12-2;7-1-3(9)5(11)6(12)4(10)2-8/h2-11H,1H2;1,3-6,8-12H,2H2/t2-,3-,4+,5-,6?;3-,4+,5+,6-/m10/s1. The van der Waals surface area contributed by atoms with Crippen molar-refractivity contribution in [3.63, 3.8) is 0 Å². The minimum Gasteiger partial charge on any atom is -0.394 e. The van der Waals surface area contributed by atoms with Gasteiger partial charge in [-0.05, 0) is 0 Å². The maximum Gasteiger partial charge on any atom is 0.184 e. The van der Waals surface area contributed by atoms with E-state index >= 15 is 0 Å². The second kappa shape index (κ2) is 11.0. The van der Waals surface area contributed by atoms with Crippen molar-refractivity contribution in [2.45, 2.75) is 55.1 Å². The minimum atomic E-state index is -1.79. The lowest BCUT2D eigenvalue weighted by atomic mass is 10.00. The first-order chi connectivity index (χ1) is 11.1. The third-order valence-corrected chi connectivity index (χ3v) is 3.29. The fraction of sp³-hybridized carbons (Fsp3) is 0.917. The van der Waals surface area contributed by atoms with Gasteiger partial charge in [0.05, 0.1) is 13.2 Å². The molecular weight excluding hydrogens is 336 g/mol. The first-order valence-corrected chi connectivity index (χ1v) is 6.89. The van der Waals surface area contributed by atoms with Gasteiger partial charge in [-0.3, -0.25) is 0 Å². The van der Waals surface area contributed by atoms with E-state index in [4.69, 9.17) is 51.1 Å². The fourth-order valence-corrected chi connectivity index (χ4v) is 1.70. The largest absolute Gasteiger partial charge is 0.394 e. The SMILES string of the molecule is O=C[C@H](O)[C@@H](O)[C@@H](O)[C@H](O)CO.OC[C@H]1OC(O)[C@H](O)[C@@H](O)[C@@H]1O. The molecule has 144 valence electrons. The Hall–Kier alpha value is -0.770. The van der Waals surface area contributed by atoms with E-state index in [2.05, 4.69) is 4.74 Å². The molecule has 0 bridgehead atoms. The zero-order valence-corrected chi connectivity index (χ0v) is 12.5. The monoisotopic (exact) mass is 360 g/mol. The summed E-state index contributed by atoms with van der Waals surface area (Å²) in [6.07, 6.45) is -13.9. The number of carbonyl (C=O) groups excluding carboxylic acids is 1. The third-order valence-electron chi connectivity index (χ3n) is 3.29. The van der Waals surface area contributed by atoms with Crippen LogP contribution in [0.2, 0.25) is 0 Å². The zero-order valence-electron chi connectivity index (χ0n) is 12.5. The van der Waals surface area contributed by atoms with Crippen LogP contribution in [0.15, 0.2) is 0 Å². The number of hydrogen-bond acceptors (Lipinski definition) is 12. The van der Waals surface area contributed by atoms with Gasteiger partial charge in [-0.25, -0.2) is 0 Å². The highest BCUT2D eigenvalue weighted by Crippen LogP contribution is 2.19. The summed E-state index contributed by atoms with van der Waals surface area (Å²) in [7, 11) is 0. The summed E-state index contributed by atoms with van der Waals surface area (Å²) in [5, 5.41) is 88.2. The van der Waals surface area contributed by atoms with Crippen molar-refractivity contribution >= 4 is 6.29 Å². The van der Waals surface area contributed by atoms with Crippen molar-refractivity contribution in [1.29, 1.82) is 0 Å². The number of carbonyl (C=O) groups is 1. The molecule has 1 rings (SSSR count). The van der Waals surface area contributed by atoms with Gasteiger partial charge in [-0.1, -0.05) is 0 Å². The lowest BCUT2D eigenvalue weighted by molar-refractivity contribution is -0.286. The number of rotatable bonds is 6. The van der Waals surface area contributed by atoms with Crippen LogP contribution < -0.4 is 0 Å². The molecule has 1 unspecified atom stereocenters. The average molecular weight is 360 g/mol. The van der Waals surface area contributed by atoms with Crippen LogP contribution >= 0.6 is 0 Å². The Balaban J connectivity index is 0.000000441. The minimum absolute atomic E-state index is 0.0258. The Kier molecular flexibility index (Phi) is 10.6. The van der Waals surface area contributed by atoms with Gasteiger partial charge in [0.1, 0.15) is 48.8 Å². The van der Waals surface area contributed by atoms with Crippen molar-refractivity contribution < 1.29 is 60.6 Å². The Morgan fingerprint density at radius 2 is 1.42 bits per heavy atom. The van der Waals surface area contributed by atoms with Crippen molar-refractivity contribution in [1.82, 2.24) is 0 Å². The van der Waals surface area contributed by atoms with Gasteiger partial charge in [0.15, 0.2) is 12.6 Å². The van der Waals surface area contributed by atoms with Gasteiger partial charge in [0, 0.05) is 0 Å². The average Bonchev–Trinajstić information content (AvgIpc) is 2.60.